The van der Waals surface area contributed by atoms with Gasteiger partial charge in [0.1, 0.15) is 0 Å². The summed E-state index contributed by atoms with van der Waals surface area (Å²) in [6.07, 6.45) is 5.46. The van der Waals surface area contributed by atoms with Crippen molar-refractivity contribution in [3.63, 3.8) is 0 Å². The second-order valence-electron chi connectivity index (χ2n) is 8.03. The largest absolute Gasteiger partial charge is 0.358 e. The van der Waals surface area contributed by atoms with Crippen LogP contribution in [0.3, 0.4) is 0 Å². The van der Waals surface area contributed by atoms with E-state index in [0.29, 0.717) is 6.04 Å². The average Bonchev–Trinajstić information content (AvgIpc) is 2.77. The molecule has 6 heteroatoms. The summed E-state index contributed by atoms with van der Waals surface area (Å²) in [4.78, 5) is 28.8. The first-order valence-electron chi connectivity index (χ1n) is 10.6. The average molecular weight is 387 g/mol. The molecule has 2 aliphatic heterocycles. The van der Waals surface area contributed by atoms with Crippen molar-refractivity contribution >= 4 is 11.8 Å². The lowest BCUT2D eigenvalue weighted by molar-refractivity contribution is -0.130. The predicted octanol–water partition coefficient (Wildman–Crippen LogP) is 1.27. The molecule has 28 heavy (non-hydrogen) atoms. The lowest BCUT2D eigenvalue weighted by atomic mass is 9.93. The molecule has 3 rings (SSSR count). The van der Waals surface area contributed by atoms with E-state index in [1.165, 1.54) is 18.4 Å². The Bertz CT molecular complexity index is 629. The van der Waals surface area contributed by atoms with Crippen LogP contribution in [0.1, 0.15) is 31.2 Å². The van der Waals surface area contributed by atoms with Crippen molar-refractivity contribution in [3.05, 3.63) is 35.9 Å². The second-order valence-corrected chi connectivity index (χ2v) is 8.03. The molecule has 2 fully saturated rings. The van der Waals surface area contributed by atoms with E-state index in [9.17, 15) is 9.59 Å². The highest BCUT2D eigenvalue weighted by Crippen LogP contribution is 2.24. The Morgan fingerprint density at radius 2 is 1.82 bits per heavy atom. The lowest BCUT2D eigenvalue weighted by Gasteiger charge is -2.42. The van der Waals surface area contributed by atoms with Crippen molar-refractivity contribution in [2.24, 2.45) is 5.92 Å². The Labute approximate surface area is 168 Å². The van der Waals surface area contributed by atoms with Gasteiger partial charge in [-0.1, -0.05) is 30.3 Å². The van der Waals surface area contributed by atoms with Crippen molar-refractivity contribution < 1.29 is 9.59 Å². The zero-order chi connectivity index (χ0) is 19.8. The fourth-order valence-corrected chi connectivity index (χ4v) is 4.39. The van der Waals surface area contributed by atoms with Crippen molar-refractivity contribution in [1.29, 1.82) is 0 Å². The van der Waals surface area contributed by atoms with Gasteiger partial charge in [-0.25, -0.2) is 0 Å². The molecule has 0 unspecified atom stereocenters. The molecule has 0 spiro atoms. The van der Waals surface area contributed by atoms with Crippen molar-refractivity contribution in [3.8, 4) is 0 Å². The van der Waals surface area contributed by atoms with Crippen LogP contribution in [0.5, 0.6) is 0 Å². The molecule has 2 aliphatic rings. The van der Waals surface area contributed by atoms with Crippen LogP contribution in [0.25, 0.3) is 0 Å². The Morgan fingerprint density at radius 1 is 1.07 bits per heavy atom. The monoisotopic (exact) mass is 386 g/mol. The van der Waals surface area contributed by atoms with Crippen molar-refractivity contribution in [2.75, 3.05) is 46.3 Å². The molecule has 1 aromatic rings. The Balaban J connectivity index is 1.40. The van der Waals surface area contributed by atoms with Crippen LogP contribution in [-0.2, 0) is 16.0 Å². The summed E-state index contributed by atoms with van der Waals surface area (Å²) in [6.45, 7) is 5.40. The molecule has 0 aliphatic carbocycles. The number of nitrogens with zero attached hydrogens (tertiary/aromatic N) is 2. The number of piperidine rings is 2. The highest BCUT2D eigenvalue weighted by atomic mass is 16.2. The number of amides is 2. The van der Waals surface area contributed by atoms with Crippen molar-refractivity contribution in [2.45, 2.75) is 38.1 Å². The first-order valence-corrected chi connectivity index (χ1v) is 10.6. The molecule has 1 aromatic carbocycles. The summed E-state index contributed by atoms with van der Waals surface area (Å²) >= 11 is 0. The fourth-order valence-electron chi connectivity index (χ4n) is 4.39. The SMILES string of the molecule is CNC(=O)CNC(=O)[C@H]1CCCN(C2CCN(CCc3ccccc3)CC2)C1. The van der Waals surface area contributed by atoms with Crippen LogP contribution in [-0.4, -0.2) is 74.0 Å². The van der Waals surface area contributed by atoms with E-state index in [1.54, 1.807) is 7.05 Å². The Kier molecular flexibility index (Phi) is 7.86. The third-order valence-electron chi connectivity index (χ3n) is 6.16. The molecule has 2 heterocycles. The van der Waals surface area contributed by atoms with E-state index in [-0.39, 0.29) is 24.3 Å². The van der Waals surface area contributed by atoms with Crippen LogP contribution >= 0.6 is 0 Å². The number of rotatable bonds is 7. The molecule has 0 aromatic heterocycles. The van der Waals surface area contributed by atoms with Gasteiger partial charge in [0.25, 0.3) is 0 Å². The summed E-state index contributed by atoms with van der Waals surface area (Å²) in [7, 11) is 1.59. The maximum atomic E-state index is 12.4. The molecule has 2 saturated heterocycles. The molecule has 6 nitrogen and oxygen atoms in total. The lowest BCUT2D eigenvalue weighted by Crippen LogP contribution is -2.51. The number of hydrogen-bond donors (Lipinski definition) is 2. The number of hydrogen-bond acceptors (Lipinski definition) is 4. The van der Waals surface area contributed by atoms with Crippen molar-refractivity contribution in [1.82, 2.24) is 20.4 Å². The van der Waals surface area contributed by atoms with E-state index < -0.39 is 0 Å². The second kappa shape index (κ2) is 10.6. The van der Waals surface area contributed by atoms with Crippen LogP contribution in [0, 0.1) is 5.92 Å². The topological polar surface area (TPSA) is 64.7 Å². The molecular weight excluding hydrogens is 352 g/mol. The third kappa shape index (κ3) is 6.04. The van der Waals surface area contributed by atoms with E-state index >= 15 is 0 Å². The quantitative estimate of drug-likeness (QED) is 0.741. The minimum Gasteiger partial charge on any atom is -0.358 e. The van der Waals surface area contributed by atoms with Crippen LogP contribution in [0.15, 0.2) is 30.3 Å². The predicted molar refractivity (Wildman–Crippen MR) is 111 cm³/mol. The van der Waals surface area contributed by atoms with Gasteiger partial charge in [0.15, 0.2) is 0 Å². The smallest absolute Gasteiger partial charge is 0.239 e. The van der Waals surface area contributed by atoms with Gasteiger partial charge in [-0.15, -0.1) is 0 Å². The Hall–Kier alpha value is -1.92. The number of likely N-dealkylation sites (tertiary alicyclic amines) is 2. The highest BCUT2D eigenvalue weighted by molar-refractivity contribution is 5.85. The van der Waals surface area contributed by atoms with Gasteiger partial charge in [0.2, 0.25) is 11.8 Å². The maximum Gasteiger partial charge on any atom is 0.239 e. The van der Waals surface area contributed by atoms with Gasteiger partial charge in [-0.3, -0.25) is 14.5 Å². The summed E-state index contributed by atoms with van der Waals surface area (Å²) in [6, 6.07) is 11.3. The van der Waals surface area contributed by atoms with Gasteiger partial charge >= 0.3 is 0 Å². The molecule has 154 valence electrons. The molecule has 2 N–H and O–H groups in total. The minimum atomic E-state index is -0.149. The molecule has 0 saturated carbocycles. The number of nitrogens with one attached hydrogen (secondary N) is 2. The van der Waals surface area contributed by atoms with Gasteiger partial charge in [0, 0.05) is 26.2 Å². The number of likely N-dealkylation sites (N-methyl/N-ethyl adjacent to an activating group) is 1. The van der Waals surface area contributed by atoms with Gasteiger partial charge in [-0.2, -0.15) is 0 Å². The molecular formula is C22H34N4O2. The summed E-state index contributed by atoms with van der Waals surface area (Å²) in [5.41, 5.74) is 1.41. The minimum absolute atomic E-state index is 0.00881. The standard InChI is InChI=1S/C22H34N4O2/c1-23-21(27)16-24-22(28)19-8-5-12-26(17-19)20-10-14-25(15-11-20)13-9-18-6-3-2-4-7-18/h2-4,6-7,19-20H,5,8-17H2,1H3,(H,23,27)(H,24,28)/t19-/m0/s1. The molecule has 0 radical (unpaired) electrons. The zero-order valence-corrected chi connectivity index (χ0v) is 17.0. The first kappa shape index (κ1) is 20.8. The summed E-state index contributed by atoms with van der Waals surface area (Å²) in [5.74, 6) is -0.119. The Morgan fingerprint density at radius 3 is 2.54 bits per heavy atom. The van der Waals surface area contributed by atoms with E-state index in [2.05, 4.69) is 50.8 Å². The van der Waals surface area contributed by atoms with Gasteiger partial charge < -0.3 is 15.5 Å². The van der Waals surface area contributed by atoms with Crippen LogP contribution in [0.4, 0.5) is 0 Å². The summed E-state index contributed by atoms with van der Waals surface area (Å²) in [5, 5.41) is 5.32. The molecule has 0 bridgehead atoms. The fraction of sp³-hybridized carbons (Fsp3) is 0.636. The normalized spacial score (nSPS) is 22.0. The maximum absolute atomic E-state index is 12.4. The van der Waals surface area contributed by atoms with Crippen LogP contribution in [0.2, 0.25) is 0 Å². The number of carbonyl (C=O) groups excluding carboxylic acids is 2. The third-order valence-corrected chi connectivity index (χ3v) is 6.16. The van der Waals surface area contributed by atoms with Gasteiger partial charge in [0.05, 0.1) is 12.5 Å². The summed E-state index contributed by atoms with van der Waals surface area (Å²) < 4.78 is 0. The van der Waals surface area contributed by atoms with Crippen LogP contribution < -0.4 is 10.6 Å². The van der Waals surface area contributed by atoms with Gasteiger partial charge in [-0.05, 0) is 57.3 Å². The van der Waals surface area contributed by atoms with E-state index in [1.807, 2.05) is 0 Å². The highest BCUT2D eigenvalue weighted by Gasteiger charge is 2.31. The molecule has 2 amide bonds. The van der Waals surface area contributed by atoms with E-state index in [0.717, 1.165) is 52.0 Å². The van der Waals surface area contributed by atoms with E-state index in [4.69, 9.17) is 0 Å². The zero-order valence-electron chi connectivity index (χ0n) is 17.0. The number of benzene rings is 1. The first-order chi connectivity index (χ1) is 13.7. The molecule has 1 atom stereocenters. The number of carbonyl (C=O) groups is 2.